The smallest absolute Gasteiger partial charge is 0.0959 e. The molecule has 1 nitrogen and oxygen atoms in total. The lowest BCUT2D eigenvalue weighted by molar-refractivity contribution is 1.08. The van der Waals surface area contributed by atoms with Crippen LogP contribution in [0.25, 0.3) is 0 Å². The molecule has 0 aromatic carbocycles. The van der Waals surface area contributed by atoms with Crippen molar-refractivity contribution in [3.63, 3.8) is 0 Å². The summed E-state index contributed by atoms with van der Waals surface area (Å²) in [7, 11) is 0. The Labute approximate surface area is 82.4 Å². The van der Waals surface area contributed by atoms with Gasteiger partial charge in [0.25, 0.3) is 0 Å². The summed E-state index contributed by atoms with van der Waals surface area (Å²) in [6.45, 7) is 2.18. The van der Waals surface area contributed by atoms with E-state index >= 15 is 0 Å². The zero-order valence-electron chi connectivity index (χ0n) is 6.49. The van der Waals surface area contributed by atoms with Gasteiger partial charge < -0.3 is 0 Å². The van der Waals surface area contributed by atoms with Gasteiger partial charge in [0.05, 0.1) is 5.03 Å². The maximum atomic E-state index is 4.18. The lowest BCUT2D eigenvalue weighted by Gasteiger charge is -1.95. The molecule has 0 N–H and O–H groups in total. The lowest BCUT2D eigenvalue weighted by atomic mass is 10.5. The number of hydrogen-bond donors (Lipinski definition) is 0. The number of aromatic nitrogens is 1. The van der Waals surface area contributed by atoms with Crippen LogP contribution < -0.4 is 0 Å². The first-order valence-corrected chi connectivity index (χ1v) is 4.46. The highest BCUT2D eigenvalue weighted by molar-refractivity contribution is 8.93. The van der Waals surface area contributed by atoms with Crippen LogP contribution in [0, 0.1) is 0 Å². The molecule has 11 heavy (non-hydrogen) atoms. The van der Waals surface area contributed by atoms with Crippen molar-refractivity contribution in [1.82, 2.24) is 4.98 Å². The highest BCUT2D eigenvalue weighted by atomic mass is 79.9. The van der Waals surface area contributed by atoms with E-state index in [0.717, 1.165) is 10.8 Å². The van der Waals surface area contributed by atoms with Crippen LogP contribution in [-0.2, 0) is 0 Å². The van der Waals surface area contributed by atoms with Gasteiger partial charge in [-0.1, -0.05) is 13.0 Å². The van der Waals surface area contributed by atoms with Gasteiger partial charge in [-0.15, -0.1) is 28.7 Å². The van der Waals surface area contributed by atoms with E-state index in [1.54, 1.807) is 0 Å². The van der Waals surface area contributed by atoms with Crippen LogP contribution in [0.1, 0.15) is 13.3 Å². The van der Waals surface area contributed by atoms with Crippen LogP contribution in [-0.4, -0.2) is 10.7 Å². The summed E-state index contributed by atoms with van der Waals surface area (Å²) in [5.74, 6) is 1.16. The lowest BCUT2D eigenvalue weighted by Crippen LogP contribution is -1.78. The molecule has 0 saturated carbocycles. The van der Waals surface area contributed by atoms with Crippen molar-refractivity contribution in [1.29, 1.82) is 0 Å². The van der Waals surface area contributed by atoms with Crippen LogP contribution in [0.3, 0.4) is 0 Å². The van der Waals surface area contributed by atoms with E-state index < -0.39 is 0 Å². The van der Waals surface area contributed by atoms with Gasteiger partial charge in [0.15, 0.2) is 0 Å². The van der Waals surface area contributed by atoms with Crippen LogP contribution in [0.15, 0.2) is 29.4 Å². The first kappa shape index (κ1) is 11.0. The second-order valence-electron chi connectivity index (χ2n) is 2.02. The molecule has 62 valence electrons. The first-order valence-electron chi connectivity index (χ1n) is 3.47. The number of rotatable bonds is 3. The zero-order chi connectivity index (χ0) is 7.23. The van der Waals surface area contributed by atoms with Gasteiger partial charge in [0.1, 0.15) is 0 Å². The minimum Gasteiger partial charge on any atom is -0.250 e. The molecule has 0 spiro atoms. The maximum absolute atomic E-state index is 4.18. The summed E-state index contributed by atoms with van der Waals surface area (Å²) in [6.07, 6.45) is 3.04. The molecule has 0 saturated heterocycles. The molecule has 0 radical (unpaired) electrons. The van der Waals surface area contributed by atoms with Crippen LogP contribution >= 0.6 is 28.7 Å². The number of nitrogens with zero attached hydrogens (tertiary/aromatic N) is 1. The molecule has 0 aliphatic carbocycles. The Bertz CT molecular complexity index is 179. The number of thioether (sulfide) groups is 1. The zero-order valence-corrected chi connectivity index (χ0v) is 9.02. The molecule has 0 aliphatic heterocycles. The number of halogens is 1. The summed E-state index contributed by atoms with van der Waals surface area (Å²) in [4.78, 5) is 4.18. The summed E-state index contributed by atoms with van der Waals surface area (Å²) in [6, 6.07) is 6.00. The van der Waals surface area contributed by atoms with E-state index in [9.17, 15) is 0 Å². The molecular formula is C8H12BrNS. The summed E-state index contributed by atoms with van der Waals surface area (Å²) in [5, 5.41) is 1.13. The third-order valence-electron chi connectivity index (χ3n) is 1.09. The largest absolute Gasteiger partial charge is 0.250 e. The van der Waals surface area contributed by atoms with E-state index in [1.807, 2.05) is 36.2 Å². The van der Waals surface area contributed by atoms with Crippen molar-refractivity contribution >= 4 is 28.7 Å². The molecule has 1 rings (SSSR count). The Morgan fingerprint density at radius 3 is 2.82 bits per heavy atom. The van der Waals surface area contributed by atoms with Crippen LogP contribution in [0.2, 0.25) is 0 Å². The second-order valence-corrected chi connectivity index (χ2v) is 3.13. The Morgan fingerprint density at radius 1 is 1.45 bits per heavy atom. The molecule has 0 unspecified atom stereocenters. The topological polar surface area (TPSA) is 12.9 Å². The molecule has 0 aliphatic rings. The summed E-state index contributed by atoms with van der Waals surface area (Å²) < 4.78 is 0. The van der Waals surface area contributed by atoms with Gasteiger partial charge in [0, 0.05) is 6.20 Å². The molecule has 1 aromatic rings. The molecule has 0 atom stereocenters. The summed E-state index contributed by atoms with van der Waals surface area (Å²) >= 11 is 1.81. The van der Waals surface area contributed by atoms with Crippen molar-refractivity contribution in [2.75, 3.05) is 5.75 Å². The normalized spacial score (nSPS) is 8.82. The first-order chi connectivity index (χ1) is 4.93. The molecule has 0 bridgehead atoms. The SMILES string of the molecule is Br.CCCSc1ccccn1. The fourth-order valence-corrected chi connectivity index (χ4v) is 1.36. The molecule has 0 fully saturated rings. The Kier molecular flexibility index (Phi) is 6.66. The van der Waals surface area contributed by atoms with Gasteiger partial charge in [-0.3, -0.25) is 0 Å². The van der Waals surface area contributed by atoms with Crippen molar-refractivity contribution in [3.05, 3.63) is 24.4 Å². The highest BCUT2D eigenvalue weighted by Gasteiger charge is 1.89. The van der Waals surface area contributed by atoms with Gasteiger partial charge in [-0.2, -0.15) is 0 Å². The quantitative estimate of drug-likeness (QED) is 0.745. The molecule has 3 heteroatoms. The average molecular weight is 234 g/mol. The molecule has 0 amide bonds. The minimum absolute atomic E-state index is 0. The van der Waals surface area contributed by atoms with Gasteiger partial charge in [-0.25, -0.2) is 4.98 Å². The fraction of sp³-hybridized carbons (Fsp3) is 0.375. The maximum Gasteiger partial charge on any atom is 0.0959 e. The van der Waals surface area contributed by atoms with Crippen molar-refractivity contribution in [3.8, 4) is 0 Å². The highest BCUT2D eigenvalue weighted by Crippen LogP contribution is 2.13. The Hall–Kier alpha value is -0.0200. The predicted octanol–water partition coefficient (Wildman–Crippen LogP) is 3.16. The van der Waals surface area contributed by atoms with Crippen molar-refractivity contribution < 1.29 is 0 Å². The third-order valence-corrected chi connectivity index (χ3v) is 2.24. The molecular weight excluding hydrogens is 222 g/mol. The summed E-state index contributed by atoms with van der Waals surface area (Å²) in [5.41, 5.74) is 0. The van der Waals surface area contributed by atoms with Crippen molar-refractivity contribution in [2.45, 2.75) is 18.4 Å². The molecule has 1 aromatic heterocycles. The fourth-order valence-electron chi connectivity index (χ4n) is 0.639. The Balaban J connectivity index is 0.000001000. The van der Waals surface area contributed by atoms with Crippen LogP contribution in [0.4, 0.5) is 0 Å². The van der Waals surface area contributed by atoms with Gasteiger partial charge in [-0.05, 0) is 24.3 Å². The van der Waals surface area contributed by atoms with E-state index in [-0.39, 0.29) is 17.0 Å². The predicted molar refractivity (Wildman–Crippen MR) is 55.6 cm³/mol. The number of hydrogen-bond acceptors (Lipinski definition) is 2. The third kappa shape index (κ3) is 4.43. The minimum atomic E-state index is 0. The van der Waals surface area contributed by atoms with Gasteiger partial charge in [0.2, 0.25) is 0 Å². The van der Waals surface area contributed by atoms with Gasteiger partial charge >= 0.3 is 0 Å². The second kappa shape index (κ2) is 6.68. The number of pyridine rings is 1. The van der Waals surface area contributed by atoms with Crippen LogP contribution in [0.5, 0.6) is 0 Å². The molecule has 1 heterocycles. The standard InChI is InChI=1S/C8H11NS.BrH/c1-2-7-10-8-5-3-4-6-9-8;/h3-6H,2,7H2,1H3;1H. The Morgan fingerprint density at radius 2 is 2.27 bits per heavy atom. The monoisotopic (exact) mass is 233 g/mol. The van der Waals surface area contributed by atoms with E-state index in [4.69, 9.17) is 0 Å². The average Bonchev–Trinajstić information content (AvgIpc) is 2.03. The van der Waals surface area contributed by atoms with E-state index in [2.05, 4.69) is 11.9 Å². The van der Waals surface area contributed by atoms with Crippen molar-refractivity contribution in [2.24, 2.45) is 0 Å². The van der Waals surface area contributed by atoms with E-state index in [1.165, 1.54) is 6.42 Å². The van der Waals surface area contributed by atoms with E-state index in [0.29, 0.717) is 0 Å².